The third-order valence-electron chi connectivity index (χ3n) is 3.42. The molecule has 5 heteroatoms. The van der Waals surface area contributed by atoms with E-state index in [0.717, 1.165) is 5.56 Å². The van der Waals surface area contributed by atoms with Gasteiger partial charge in [-0.15, -0.1) is 0 Å². The van der Waals surface area contributed by atoms with Crippen molar-refractivity contribution in [2.24, 2.45) is 5.92 Å². The molecular formula is C15H19NO4. The van der Waals surface area contributed by atoms with E-state index in [1.165, 1.54) is 0 Å². The topological polar surface area (TPSA) is 66.8 Å². The van der Waals surface area contributed by atoms with Crippen LogP contribution in [0, 0.1) is 5.92 Å². The van der Waals surface area contributed by atoms with Crippen LogP contribution in [0.4, 0.5) is 0 Å². The zero-order valence-corrected chi connectivity index (χ0v) is 11.3. The van der Waals surface area contributed by atoms with Crippen molar-refractivity contribution in [1.82, 2.24) is 4.90 Å². The summed E-state index contributed by atoms with van der Waals surface area (Å²) >= 11 is 0. The fraction of sp³-hybridized carbons (Fsp3) is 0.467. The Bertz CT molecular complexity index is 454. The van der Waals surface area contributed by atoms with Gasteiger partial charge in [0.15, 0.2) is 0 Å². The van der Waals surface area contributed by atoms with Gasteiger partial charge in [-0.2, -0.15) is 0 Å². The number of carbonyl (C=O) groups excluding carboxylic acids is 1. The summed E-state index contributed by atoms with van der Waals surface area (Å²) in [6, 6.07) is 9.53. The van der Waals surface area contributed by atoms with Gasteiger partial charge in [-0.1, -0.05) is 30.3 Å². The molecule has 1 atom stereocenters. The van der Waals surface area contributed by atoms with Crippen LogP contribution in [0.2, 0.25) is 0 Å². The Morgan fingerprint density at radius 1 is 1.20 bits per heavy atom. The van der Waals surface area contributed by atoms with Gasteiger partial charge in [-0.05, 0) is 12.0 Å². The van der Waals surface area contributed by atoms with Crippen LogP contribution in [-0.2, 0) is 20.7 Å². The number of aliphatic carboxylic acids is 1. The lowest BCUT2D eigenvalue weighted by Crippen LogP contribution is -2.44. The fourth-order valence-electron chi connectivity index (χ4n) is 2.40. The molecule has 0 bridgehead atoms. The second kappa shape index (κ2) is 7.05. The highest BCUT2D eigenvalue weighted by Gasteiger charge is 2.27. The van der Waals surface area contributed by atoms with E-state index in [1.54, 1.807) is 4.90 Å². The summed E-state index contributed by atoms with van der Waals surface area (Å²) in [6.07, 6.45) is 0.328. The Morgan fingerprint density at radius 2 is 1.85 bits per heavy atom. The van der Waals surface area contributed by atoms with Gasteiger partial charge in [0.2, 0.25) is 5.91 Å². The molecule has 1 aliphatic rings. The smallest absolute Gasteiger partial charge is 0.304 e. The highest BCUT2D eigenvalue weighted by atomic mass is 16.5. The minimum atomic E-state index is -0.937. The molecule has 0 spiro atoms. The molecule has 5 nitrogen and oxygen atoms in total. The van der Waals surface area contributed by atoms with Crippen molar-refractivity contribution < 1.29 is 19.4 Å². The number of ether oxygens (including phenoxy) is 1. The van der Waals surface area contributed by atoms with E-state index in [0.29, 0.717) is 32.7 Å². The summed E-state index contributed by atoms with van der Waals surface area (Å²) in [5, 5.41) is 9.01. The Kier molecular flexibility index (Phi) is 5.12. The van der Waals surface area contributed by atoms with Gasteiger partial charge >= 0.3 is 5.97 Å². The first-order valence-electron chi connectivity index (χ1n) is 6.79. The second-order valence-electron chi connectivity index (χ2n) is 4.92. The van der Waals surface area contributed by atoms with Gasteiger partial charge in [-0.25, -0.2) is 0 Å². The van der Waals surface area contributed by atoms with E-state index in [-0.39, 0.29) is 12.3 Å². The van der Waals surface area contributed by atoms with Gasteiger partial charge in [0.25, 0.3) is 0 Å². The van der Waals surface area contributed by atoms with E-state index >= 15 is 0 Å². The van der Waals surface area contributed by atoms with Crippen molar-refractivity contribution >= 4 is 11.9 Å². The van der Waals surface area contributed by atoms with E-state index in [1.807, 2.05) is 30.3 Å². The highest BCUT2D eigenvalue weighted by molar-refractivity contribution is 5.83. The molecule has 1 heterocycles. The van der Waals surface area contributed by atoms with Crippen LogP contribution in [0.3, 0.4) is 0 Å². The molecule has 1 aromatic carbocycles. The first-order valence-corrected chi connectivity index (χ1v) is 6.79. The third-order valence-corrected chi connectivity index (χ3v) is 3.42. The molecule has 1 aromatic rings. The maximum Gasteiger partial charge on any atom is 0.304 e. The summed E-state index contributed by atoms with van der Waals surface area (Å²) in [6.45, 7) is 2.14. The zero-order valence-electron chi connectivity index (χ0n) is 11.3. The molecule has 1 saturated heterocycles. The lowest BCUT2D eigenvalue weighted by Gasteiger charge is -2.30. The fourth-order valence-corrected chi connectivity index (χ4v) is 2.40. The minimum Gasteiger partial charge on any atom is -0.481 e. The number of hydrogen-bond donors (Lipinski definition) is 1. The summed E-state index contributed by atoms with van der Waals surface area (Å²) < 4.78 is 5.22. The Hall–Kier alpha value is -1.88. The van der Waals surface area contributed by atoms with Gasteiger partial charge in [0.1, 0.15) is 0 Å². The van der Waals surface area contributed by atoms with Gasteiger partial charge in [0, 0.05) is 13.1 Å². The predicted molar refractivity (Wildman–Crippen MR) is 73.3 cm³/mol. The van der Waals surface area contributed by atoms with Gasteiger partial charge in [0.05, 0.1) is 25.6 Å². The van der Waals surface area contributed by atoms with Gasteiger partial charge < -0.3 is 14.7 Å². The van der Waals surface area contributed by atoms with E-state index in [4.69, 9.17) is 9.84 Å². The first kappa shape index (κ1) is 14.5. The number of carbonyl (C=O) groups is 2. The average molecular weight is 277 g/mol. The molecule has 0 unspecified atom stereocenters. The molecule has 1 N–H and O–H groups in total. The maximum absolute atomic E-state index is 12.4. The maximum atomic E-state index is 12.4. The first-order chi connectivity index (χ1) is 9.66. The number of amides is 1. The summed E-state index contributed by atoms with van der Waals surface area (Å²) in [4.78, 5) is 25.1. The van der Waals surface area contributed by atoms with Crippen molar-refractivity contribution in [2.45, 2.75) is 12.8 Å². The van der Waals surface area contributed by atoms with E-state index in [9.17, 15) is 9.59 Å². The van der Waals surface area contributed by atoms with Crippen LogP contribution in [0.25, 0.3) is 0 Å². The van der Waals surface area contributed by atoms with Crippen LogP contribution >= 0.6 is 0 Å². The number of rotatable bonds is 5. The molecule has 1 fully saturated rings. The lowest BCUT2D eigenvalue weighted by atomic mass is 9.94. The van der Waals surface area contributed by atoms with Crippen molar-refractivity contribution in [3.05, 3.63) is 35.9 Å². The van der Waals surface area contributed by atoms with Crippen LogP contribution in [0.1, 0.15) is 12.0 Å². The summed E-state index contributed by atoms with van der Waals surface area (Å²) in [7, 11) is 0. The van der Waals surface area contributed by atoms with Crippen LogP contribution < -0.4 is 0 Å². The monoisotopic (exact) mass is 277 g/mol. The quantitative estimate of drug-likeness (QED) is 0.877. The Labute approximate surface area is 118 Å². The minimum absolute atomic E-state index is 0.0837. The number of carboxylic acids is 1. The highest BCUT2D eigenvalue weighted by Crippen LogP contribution is 2.16. The van der Waals surface area contributed by atoms with Crippen LogP contribution in [0.5, 0.6) is 0 Å². The molecular weight excluding hydrogens is 258 g/mol. The van der Waals surface area contributed by atoms with Crippen molar-refractivity contribution in [3.8, 4) is 0 Å². The molecule has 0 radical (unpaired) electrons. The van der Waals surface area contributed by atoms with Crippen LogP contribution in [-0.4, -0.2) is 48.2 Å². The van der Waals surface area contributed by atoms with Crippen LogP contribution in [0.15, 0.2) is 30.3 Å². The standard InChI is InChI=1S/C15H19NO4/c17-14(18)11-13(10-12-4-2-1-3-5-12)15(19)16-6-8-20-9-7-16/h1-5,13H,6-11H2,(H,17,18)/t13-/m1/s1. The Balaban J connectivity index is 2.05. The van der Waals surface area contributed by atoms with Gasteiger partial charge in [-0.3, -0.25) is 9.59 Å². The zero-order chi connectivity index (χ0) is 14.4. The molecule has 1 aliphatic heterocycles. The van der Waals surface area contributed by atoms with E-state index < -0.39 is 11.9 Å². The van der Waals surface area contributed by atoms with E-state index in [2.05, 4.69) is 0 Å². The largest absolute Gasteiger partial charge is 0.481 e. The second-order valence-corrected chi connectivity index (χ2v) is 4.92. The molecule has 2 rings (SSSR count). The average Bonchev–Trinajstić information content (AvgIpc) is 2.47. The normalized spacial score (nSPS) is 16.7. The molecule has 0 aromatic heterocycles. The molecule has 1 amide bonds. The number of morpholine rings is 1. The Morgan fingerprint density at radius 3 is 2.45 bits per heavy atom. The number of carboxylic acid groups (broad SMARTS) is 1. The van der Waals surface area contributed by atoms with Crippen molar-refractivity contribution in [3.63, 3.8) is 0 Å². The number of hydrogen-bond acceptors (Lipinski definition) is 3. The SMILES string of the molecule is O=C(O)C[C@@H](Cc1ccccc1)C(=O)N1CCOCC1. The third kappa shape index (κ3) is 4.06. The molecule has 20 heavy (non-hydrogen) atoms. The summed E-state index contributed by atoms with van der Waals surface area (Å²) in [5.74, 6) is -1.53. The van der Waals surface area contributed by atoms with Crippen molar-refractivity contribution in [2.75, 3.05) is 26.3 Å². The summed E-state index contributed by atoms with van der Waals surface area (Å²) in [5.41, 5.74) is 0.986. The molecule has 108 valence electrons. The lowest BCUT2D eigenvalue weighted by molar-refractivity contribution is -0.146. The molecule has 0 aliphatic carbocycles. The number of nitrogens with zero attached hydrogens (tertiary/aromatic N) is 1. The predicted octanol–water partition coefficient (Wildman–Crippen LogP) is 1.18. The number of benzene rings is 1. The molecule has 0 saturated carbocycles. The van der Waals surface area contributed by atoms with Crippen molar-refractivity contribution in [1.29, 1.82) is 0 Å².